The maximum absolute atomic E-state index is 13.1. The van der Waals surface area contributed by atoms with Crippen molar-refractivity contribution in [3.63, 3.8) is 0 Å². The number of halogens is 2. The van der Waals surface area contributed by atoms with Crippen molar-refractivity contribution in [3.05, 3.63) is 59.9 Å². The minimum atomic E-state index is -0.198. The van der Waals surface area contributed by atoms with Gasteiger partial charge < -0.3 is 20.7 Å². The first-order valence-electron chi connectivity index (χ1n) is 9.52. The minimum Gasteiger partial charge on any atom is -0.380 e. The van der Waals surface area contributed by atoms with Gasteiger partial charge in [0.25, 0.3) is 0 Å². The van der Waals surface area contributed by atoms with Crippen molar-refractivity contribution in [1.29, 1.82) is 0 Å². The second-order valence-electron chi connectivity index (χ2n) is 6.79. The van der Waals surface area contributed by atoms with Gasteiger partial charge in [-0.25, -0.2) is 4.39 Å². The van der Waals surface area contributed by atoms with E-state index in [0.29, 0.717) is 19.1 Å². The monoisotopic (exact) mass is 513 g/mol. The first kappa shape index (κ1) is 23.4. The van der Waals surface area contributed by atoms with Gasteiger partial charge in [0, 0.05) is 56.8 Å². The first-order chi connectivity index (χ1) is 13.7. The highest BCUT2D eigenvalue weighted by molar-refractivity contribution is 14.0. The average molecular weight is 513 g/mol. The highest BCUT2D eigenvalue weighted by Crippen LogP contribution is 2.17. The predicted octanol–water partition coefficient (Wildman–Crippen LogP) is 3.14. The van der Waals surface area contributed by atoms with Gasteiger partial charge in [0.05, 0.1) is 13.2 Å². The van der Waals surface area contributed by atoms with Crippen LogP contribution < -0.4 is 16.0 Å². The third-order valence-electron chi connectivity index (χ3n) is 4.84. The standard InChI is InChI=1S/C21H28FN5O.HI/c1-28-16-17-4-2-3-5-20(17)25-21(23)24-10-11-26-12-14-27(15-13-26)19-8-6-18(22)7-9-19;/h2-9H,10-16H2,1H3,(H3,23,24,25);1H. The number of nitrogens with one attached hydrogen (secondary N) is 1. The van der Waals surface area contributed by atoms with Crippen molar-refractivity contribution in [3.8, 4) is 0 Å². The molecule has 1 saturated heterocycles. The highest BCUT2D eigenvalue weighted by Gasteiger charge is 2.16. The minimum absolute atomic E-state index is 0. The third kappa shape index (κ3) is 7.13. The van der Waals surface area contributed by atoms with Gasteiger partial charge in [-0.15, -0.1) is 24.0 Å². The van der Waals surface area contributed by atoms with E-state index in [2.05, 4.69) is 20.1 Å². The number of nitrogens with two attached hydrogens (primary N) is 1. The zero-order chi connectivity index (χ0) is 19.8. The van der Waals surface area contributed by atoms with E-state index in [4.69, 9.17) is 10.5 Å². The molecule has 29 heavy (non-hydrogen) atoms. The number of benzene rings is 2. The van der Waals surface area contributed by atoms with Crippen LogP contribution in [0.5, 0.6) is 0 Å². The van der Waals surface area contributed by atoms with E-state index in [0.717, 1.165) is 49.7 Å². The fourth-order valence-corrected chi connectivity index (χ4v) is 3.29. The summed E-state index contributed by atoms with van der Waals surface area (Å²) in [7, 11) is 1.67. The molecule has 0 saturated carbocycles. The quantitative estimate of drug-likeness (QED) is 0.339. The molecule has 158 valence electrons. The summed E-state index contributed by atoms with van der Waals surface area (Å²) in [4.78, 5) is 9.10. The molecule has 0 spiro atoms. The fourth-order valence-electron chi connectivity index (χ4n) is 3.29. The molecule has 3 N–H and O–H groups in total. The maximum atomic E-state index is 13.1. The van der Waals surface area contributed by atoms with Crippen molar-refractivity contribution in [2.24, 2.45) is 10.7 Å². The molecular formula is C21H29FIN5O. The van der Waals surface area contributed by atoms with E-state index in [1.54, 1.807) is 7.11 Å². The number of rotatable bonds is 7. The van der Waals surface area contributed by atoms with Gasteiger partial charge in [0.2, 0.25) is 0 Å². The molecule has 8 heteroatoms. The number of hydrogen-bond acceptors (Lipinski definition) is 4. The van der Waals surface area contributed by atoms with Gasteiger partial charge in [-0.1, -0.05) is 18.2 Å². The lowest BCUT2D eigenvalue weighted by molar-refractivity contribution is 0.185. The number of methoxy groups -OCH3 is 1. The molecule has 1 fully saturated rings. The molecule has 6 nitrogen and oxygen atoms in total. The van der Waals surface area contributed by atoms with Gasteiger partial charge in [0.1, 0.15) is 5.82 Å². The van der Waals surface area contributed by atoms with Gasteiger partial charge in [-0.2, -0.15) is 0 Å². The van der Waals surface area contributed by atoms with Gasteiger partial charge in [-0.3, -0.25) is 9.89 Å². The van der Waals surface area contributed by atoms with Crippen molar-refractivity contribution < 1.29 is 9.13 Å². The number of ether oxygens (including phenoxy) is 1. The second-order valence-corrected chi connectivity index (χ2v) is 6.79. The SMILES string of the molecule is COCc1ccccc1NC(N)=NCCN1CCN(c2ccc(F)cc2)CC1.I. The summed E-state index contributed by atoms with van der Waals surface area (Å²) in [6.07, 6.45) is 0. The molecule has 1 aliphatic heterocycles. The van der Waals surface area contributed by atoms with E-state index >= 15 is 0 Å². The zero-order valence-electron chi connectivity index (χ0n) is 16.7. The molecule has 2 aromatic rings. The van der Waals surface area contributed by atoms with E-state index in [1.165, 1.54) is 12.1 Å². The van der Waals surface area contributed by atoms with E-state index in [1.807, 2.05) is 36.4 Å². The fraction of sp³-hybridized carbons (Fsp3) is 0.381. The molecule has 0 unspecified atom stereocenters. The number of para-hydroxylation sites is 1. The van der Waals surface area contributed by atoms with E-state index in [9.17, 15) is 4.39 Å². The molecule has 2 aromatic carbocycles. The van der Waals surface area contributed by atoms with Crippen molar-refractivity contribution >= 4 is 41.3 Å². The Hall–Kier alpha value is -1.91. The lowest BCUT2D eigenvalue weighted by Gasteiger charge is -2.35. The summed E-state index contributed by atoms with van der Waals surface area (Å²) in [5.74, 6) is 0.213. The lowest BCUT2D eigenvalue weighted by atomic mass is 10.2. The van der Waals surface area contributed by atoms with Crippen LogP contribution in [0.25, 0.3) is 0 Å². The smallest absolute Gasteiger partial charge is 0.193 e. The van der Waals surface area contributed by atoms with Crippen LogP contribution in [-0.4, -0.2) is 57.2 Å². The van der Waals surface area contributed by atoms with Crippen LogP contribution in [0, 0.1) is 5.82 Å². The summed E-state index contributed by atoms with van der Waals surface area (Å²) in [6.45, 7) is 5.78. The van der Waals surface area contributed by atoms with Crippen molar-refractivity contribution in [1.82, 2.24) is 4.90 Å². The Balaban J connectivity index is 0.00000300. The molecule has 1 heterocycles. The van der Waals surface area contributed by atoms with Crippen LogP contribution >= 0.6 is 24.0 Å². The molecule has 0 aliphatic carbocycles. The molecule has 1 aliphatic rings. The topological polar surface area (TPSA) is 66.1 Å². The van der Waals surface area contributed by atoms with Gasteiger partial charge >= 0.3 is 0 Å². The zero-order valence-corrected chi connectivity index (χ0v) is 19.0. The Morgan fingerprint density at radius 3 is 2.48 bits per heavy atom. The van der Waals surface area contributed by atoms with Crippen LogP contribution in [-0.2, 0) is 11.3 Å². The Labute approximate surface area is 188 Å². The molecule has 0 aromatic heterocycles. The Morgan fingerprint density at radius 2 is 1.79 bits per heavy atom. The second kappa shape index (κ2) is 11.9. The van der Waals surface area contributed by atoms with Crippen molar-refractivity contribution in [2.45, 2.75) is 6.61 Å². The first-order valence-corrected chi connectivity index (χ1v) is 9.52. The van der Waals surface area contributed by atoms with Crippen LogP contribution in [0.4, 0.5) is 15.8 Å². The van der Waals surface area contributed by atoms with Gasteiger partial charge in [0.15, 0.2) is 5.96 Å². The lowest BCUT2D eigenvalue weighted by Crippen LogP contribution is -2.47. The molecular weight excluding hydrogens is 484 g/mol. The summed E-state index contributed by atoms with van der Waals surface area (Å²) >= 11 is 0. The van der Waals surface area contributed by atoms with Crippen LogP contribution in [0.15, 0.2) is 53.5 Å². The number of guanidine groups is 1. The molecule has 3 rings (SSSR count). The summed E-state index contributed by atoms with van der Waals surface area (Å²) in [5.41, 5.74) is 9.07. The van der Waals surface area contributed by atoms with Crippen LogP contribution in [0.1, 0.15) is 5.56 Å². The largest absolute Gasteiger partial charge is 0.380 e. The molecule has 0 radical (unpaired) electrons. The number of nitrogens with zero attached hydrogens (tertiary/aromatic N) is 3. The van der Waals surface area contributed by atoms with E-state index < -0.39 is 0 Å². The Kier molecular flexibility index (Phi) is 9.62. The Bertz CT molecular complexity index is 779. The molecule has 0 bridgehead atoms. The number of anilines is 2. The highest BCUT2D eigenvalue weighted by atomic mass is 127. The number of aliphatic imine (C=N–C) groups is 1. The Morgan fingerprint density at radius 1 is 1.10 bits per heavy atom. The summed E-state index contributed by atoms with van der Waals surface area (Å²) in [6, 6.07) is 14.6. The normalized spacial score (nSPS) is 15.1. The molecule has 0 amide bonds. The van der Waals surface area contributed by atoms with Gasteiger partial charge in [-0.05, 0) is 30.3 Å². The van der Waals surface area contributed by atoms with Crippen LogP contribution in [0.2, 0.25) is 0 Å². The molecule has 0 atom stereocenters. The van der Waals surface area contributed by atoms with Crippen LogP contribution in [0.3, 0.4) is 0 Å². The number of piperazine rings is 1. The average Bonchev–Trinajstić information content (AvgIpc) is 2.71. The predicted molar refractivity (Wildman–Crippen MR) is 128 cm³/mol. The maximum Gasteiger partial charge on any atom is 0.193 e. The third-order valence-corrected chi connectivity index (χ3v) is 4.84. The number of hydrogen-bond donors (Lipinski definition) is 2. The summed E-state index contributed by atoms with van der Waals surface area (Å²) in [5, 5.41) is 3.16. The van der Waals surface area contributed by atoms with E-state index in [-0.39, 0.29) is 29.8 Å². The van der Waals surface area contributed by atoms with Crippen molar-refractivity contribution in [2.75, 3.05) is 56.6 Å². The summed E-state index contributed by atoms with van der Waals surface area (Å²) < 4.78 is 18.3.